The Balaban J connectivity index is 0.680. The van der Waals surface area contributed by atoms with E-state index in [1.165, 1.54) is 12.1 Å². The summed E-state index contributed by atoms with van der Waals surface area (Å²) in [6.45, 7) is 17.8. The molecule has 5 atom stereocenters. The van der Waals surface area contributed by atoms with Crippen molar-refractivity contribution in [2.24, 2.45) is 16.8 Å². The maximum atomic E-state index is 14.9. The van der Waals surface area contributed by atoms with E-state index in [-0.39, 0.29) is 104 Å². The molecular weight excluding hydrogens is 1060 g/mol. The molecule has 10 rings (SSSR count). The number of fused-ring (bicyclic) bond motifs is 8. The smallest absolute Gasteiger partial charge is 0.260 e. The van der Waals surface area contributed by atoms with E-state index in [1.54, 1.807) is 47.7 Å². The number of likely N-dealkylation sites (tertiary alicyclic amines) is 2. The van der Waals surface area contributed by atoms with Gasteiger partial charge < -0.3 is 49.9 Å². The summed E-state index contributed by atoms with van der Waals surface area (Å²) in [4.78, 5) is 92.6. The normalized spacial score (nSPS) is 21.0. The minimum absolute atomic E-state index is 0.00214. The van der Waals surface area contributed by atoms with Crippen molar-refractivity contribution < 1.29 is 37.8 Å². The number of nitrogens with one attached hydrogen (secondary N) is 1. The second-order valence-electron chi connectivity index (χ2n) is 22.8. The zero-order chi connectivity index (χ0) is 57.6. The van der Waals surface area contributed by atoms with E-state index in [4.69, 9.17) is 31.9 Å². The summed E-state index contributed by atoms with van der Waals surface area (Å²) in [5, 5.41) is 8.87. The predicted octanol–water partition coefficient (Wildman–Crippen LogP) is 7.15. The summed E-state index contributed by atoms with van der Waals surface area (Å²) >= 11 is 1.58. The Bertz CT molecular complexity index is 3080. The molecule has 0 spiro atoms. The fourth-order valence-electron chi connectivity index (χ4n) is 12.4. The minimum atomic E-state index is -0.470. The lowest BCUT2D eigenvalue weighted by Crippen LogP contribution is -2.48. The highest BCUT2D eigenvalue weighted by Crippen LogP contribution is 2.45. The molecule has 2 aromatic heterocycles. The van der Waals surface area contributed by atoms with Crippen LogP contribution in [0.25, 0.3) is 16.0 Å². The molecule has 1 saturated carbocycles. The molecule has 3 saturated heterocycles. The Hall–Kier alpha value is -6.57. The van der Waals surface area contributed by atoms with Gasteiger partial charge in [-0.3, -0.25) is 29.0 Å². The molecule has 2 aromatic carbocycles. The Morgan fingerprint density at radius 1 is 0.927 bits per heavy atom. The summed E-state index contributed by atoms with van der Waals surface area (Å²) in [5.74, 6) is 0.0746. The molecule has 82 heavy (non-hydrogen) atoms. The number of nitrogen functional groups attached to an aromatic ring is 1. The van der Waals surface area contributed by atoms with Crippen LogP contribution in [0.1, 0.15) is 115 Å². The lowest BCUT2D eigenvalue weighted by atomic mass is 9.79. The number of aryl methyl sites for hydroxylation is 1. The van der Waals surface area contributed by atoms with E-state index in [1.807, 2.05) is 54.0 Å². The molecule has 436 valence electrons. The molecule has 2 bridgehead atoms. The van der Waals surface area contributed by atoms with Gasteiger partial charge in [0.1, 0.15) is 35.7 Å². The van der Waals surface area contributed by atoms with E-state index in [2.05, 4.69) is 24.9 Å². The van der Waals surface area contributed by atoms with Crippen molar-refractivity contribution in [1.29, 1.82) is 0 Å². The third-order valence-electron chi connectivity index (χ3n) is 17.5. The number of benzene rings is 2. The first-order valence-corrected chi connectivity index (χ1v) is 30.2. The number of rotatable bonds is 22. The third-order valence-corrected chi connectivity index (χ3v) is 18.6. The third kappa shape index (κ3) is 13.1. The number of hydrogen-bond donors (Lipinski definition) is 2. The molecule has 0 radical (unpaired) electrons. The van der Waals surface area contributed by atoms with Gasteiger partial charge in [-0.05, 0) is 127 Å². The summed E-state index contributed by atoms with van der Waals surface area (Å²) < 4.78 is 28.3. The molecule has 19 nitrogen and oxygen atoms in total. The summed E-state index contributed by atoms with van der Waals surface area (Å²) in [7, 11) is 3.48. The van der Waals surface area contributed by atoms with Crippen LogP contribution in [-0.2, 0) is 36.9 Å². The van der Waals surface area contributed by atoms with E-state index in [0.29, 0.717) is 90.1 Å². The molecule has 1 aliphatic carbocycles. The van der Waals surface area contributed by atoms with Gasteiger partial charge in [0.2, 0.25) is 11.8 Å². The first kappa shape index (κ1) is 58.6. The van der Waals surface area contributed by atoms with Crippen molar-refractivity contribution >= 4 is 63.4 Å². The van der Waals surface area contributed by atoms with Crippen LogP contribution >= 0.6 is 11.8 Å². The number of amides is 3. The largest absolute Gasteiger partial charge is 0.382 e. The monoisotopic (exact) mass is 1140 g/mol. The number of ether oxygens (including phenoxy) is 2. The van der Waals surface area contributed by atoms with Gasteiger partial charge in [0.25, 0.3) is 11.7 Å². The van der Waals surface area contributed by atoms with Crippen molar-refractivity contribution in [1.82, 2.24) is 39.7 Å². The van der Waals surface area contributed by atoms with Crippen LogP contribution in [0.2, 0.25) is 0 Å². The second kappa shape index (κ2) is 26.3. The Labute approximate surface area is 484 Å². The molecule has 21 heteroatoms. The number of aliphatic imine (C=N–C) groups is 1. The van der Waals surface area contributed by atoms with Gasteiger partial charge in [-0.1, -0.05) is 36.4 Å². The van der Waals surface area contributed by atoms with Crippen LogP contribution in [0.15, 0.2) is 59.7 Å². The first-order valence-electron chi connectivity index (χ1n) is 29.2. The molecule has 6 aliphatic rings. The van der Waals surface area contributed by atoms with Gasteiger partial charge >= 0.3 is 0 Å². The van der Waals surface area contributed by atoms with Crippen molar-refractivity contribution in [3.05, 3.63) is 99.9 Å². The van der Waals surface area contributed by atoms with Gasteiger partial charge in [-0.25, -0.2) is 9.37 Å². The summed E-state index contributed by atoms with van der Waals surface area (Å²) in [6.07, 6.45) is 8.39. The quantitative estimate of drug-likeness (QED) is 0.0456. The Morgan fingerprint density at radius 3 is 2.41 bits per heavy atom. The van der Waals surface area contributed by atoms with Crippen molar-refractivity contribution in [3.8, 4) is 11.1 Å². The number of hydrogen-bond acceptors (Lipinski definition) is 15. The number of nitrogens with two attached hydrogens (primary N) is 1. The van der Waals surface area contributed by atoms with Crippen LogP contribution in [0, 0.1) is 31.1 Å². The minimum Gasteiger partial charge on any atom is -0.382 e. The van der Waals surface area contributed by atoms with Gasteiger partial charge in [-0.2, -0.15) is 4.68 Å². The molecule has 5 aliphatic heterocycles. The van der Waals surface area contributed by atoms with Gasteiger partial charge in [0.15, 0.2) is 5.78 Å². The number of pyridine rings is 1. The van der Waals surface area contributed by atoms with Crippen LogP contribution in [-0.4, -0.2) is 178 Å². The number of piperidine rings is 1. The fourth-order valence-corrected chi connectivity index (χ4v) is 13.6. The molecular formula is C61H77FN12O7S. The average molecular weight is 1140 g/mol. The van der Waals surface area contributed by atoms with Crippen LogP contribution in [0.5, 0.6) is 0 Å². The number of anilines is 2. The van der Waals surface area contributed by atoms with Gasteiger partial charge in [0.05, 0.1) is 74.8 Å². The second-order valence-corrected chi connectivity index (χ2v) is 23.9. The van der Waals surface area contributed by atoms with E-state index in [0.717, 1.165) is 75.2 Å². The van der Waals surface area contributed by atoms with E-state index >= 15 is 0 Å². The standard InChI is InChI=1S/C61H77FN12O7S/c1-38-10-12-41(13-11-38)56(77)49-37-82-59(67-49)51-9-7-22-72(51)61(79)46(34-53(75)39(2)64-3)40-18-23-70(24-19-40)27-29-81-31-30-80-28-20-54(76)69(5)25-26-74-58(65-4)55-42-32-52(57(63)66-35-42)71-21-6-8-50(71)47-33-43(62)14-17-45(47)60(78)73(44-15-16-44)36-48(55)68-74/h10-14,17,32-33,35,39-40,44,46,49-51,64H,6-9,15-16,18-31,34,36-37H2,1-3,5H3,(H2,63,66)/t39-,46-,49?,50-,51-/m1/s1. The first-order chi connectivity index (χ1) is 39.7. The number of thioether (sulfide) groups is 1. The number of nitrogens with zero attached hydrogens (tertiary/aromatic N) is 10. The molecule has 4 fully saturated rings. The molecule has 3 amide bonds. The van der Waals surface area contributed by atoms with Gasteiger partial charge in [-0.15, -0.1) is 16.9 Å². The highest BCUT2D eigenvalue weighted by Gasteiger charge is 2.44. The number of ketones is 2. The highest BCUT2D eigenvalue weighted by atomic mass is 32.2. The van der Waals surface area contributed by atoms with Crippen molar-refractivity contribution in [2.45, 2.75) is 121 Å². The van der Waals surface area contributed by atoms with Crippen molar-refractivity contribution in [2.75, 3.05) is 96.2 Å². The number of aromatic nitrogens is 3. The zero-order valence-electron chi connectivity index (χ0n) is 47.7. The molecule has 3 N–H and O–H groups in total. The Kier molecular flexibility index (Phi) is 18.8. The van der Waals surface area contributed by atoms with E-state index in [9.17, 15) is 28.4 Å². The summed E-state index contributed by atoms with van der Waals surface area (Å²) in [6, 6.07) is 12.6. The topological polar surface area (TPSA) is 205 Å². The number of carbonyl (C=O) groups excluding carboxylic acids is 5. The highest BCUT2D eigenvalue weighted by molar-refractivity contribution is 8.14. The Morgan fingerprint density at radius 2 is 1.67 bits per heavy atom. The number of Topliss-reactive ketones (excluding diaryl/α,β-unsaturated/α-hetero) is 2. The number of carbonyl (C=O) groups is 5. The predicted molar refractivity (Wildman–Crippen MR) is 313 cm³/mol. The summed E-state index contributed by atoms with van der Waals surface area (Å²) in [5.41, 5.74) is 11.7. The maximum absolute atomic E-state index is 14.9. The molecule has 1 unspecified atom stereocenters. The van der Waals surface area contributed by atoms with Crippen LogP contribution < -0.4 is 16.0 Å². The zero-order valence-corrected chi connectivity index (χ0v) is 48.5. The average Bonchev–Trinajstić information content (AvgIpc) is 3.85. The lowest BCUT2D eigenvalue weighted by Gasteiger charge is -2.38. The van der Waals surface area contributed by atoms with Crippen LogP contribution in [0.3, 0.4) is 0 Å². The molecule has 4 aromatic rings. The van der Waals surface area contributed by atoms with Gasteiger partial charge in [0, 0.05) is 73.7 Å². The van der Waals surface area contributed by atoms with Crippen LogP contribution in [0.4, 0.5) is 21.7 Å². The number of halogens is 1. The van der Waals surface area contributed by atoms with E-state index < -0.39 is 17.8 Å². The molecule has 7 heterocycles. The fraction of sp³-hybridized carbons (Fsp3) is 0.557. The SMILES string of the molecule is [C-]#[N+]c1c2c(nn1CCN(C)C(=O)CCOCCOCCN1CCC([C@@H](CC(=O)[C@@H](C)NC)C(=O)N3CCC[C@@H]3C3=NC(C(=O)c4ccc(C)cc4)CS3)CC1)CN(C1CC1)C(=O)c1ccc(F)cc1[C@H]1CCCN1c1cc-2cnc1N. The number of likely N-dealkylation sites (N-methyl/N-ethyl adjacent to an activating group) is 2. The lowest BCUT2D eigenvalue weighted by molar-refractivity contribution is -0.141. The van der Waals surface area contributed by atoms with Crippen molar-refractivity contribution in [3.63, 3.8) is 0 Å². The maximum Gasteiger partial charge on any atom is 0.260 e.